The Morgan fingerprint density at radius 1 is 1.24 bits per heavy atom. The number of amides is 1. The summed E-state index contributed by atoms with van der Waals surface area (Å²) in [6.45, 7) is 0.514. The van der Waals surface area contributed by atoms with Crippen molar-refractivity contribution in [2.45, 2.75) is 31.3 Å². The molecular formula is C18H20N6O. The molecule has 0 radical (unpaired) electrons. The van der Waals surface area contributed by atoms with Crippen LogP contribution in [0, 0.1) is 12.3 Å². The van der Waals surface area contributed by atoms with Crippen molar-refractivity contribution >= 4 is 5.91 Å². The number of nitrogens with zero attached hydrogens (tertiary/aromatic N) is 5. The minimum absolute atomic E-state index is 0.0946. The molecule has 25 heavy (non-hydrogen) atoms. The number of carbonyl (C=O) groups is 1. The summed E-state index contributed by atoms with van der Waals surface area (Å²) in [5.41, 5.74) is 0.599. The molecule has 7 nitrogen and oxygen atoms in total. The Hall–Kier alpha value is -3.01. The quantitative estimate of drug-likeness (QED) is 0.749. The van der Waals surface area contributed by atoms with Crippen molar-refractivity contribution in [1.29, 1.82) is 0 Å². The lowest BCUT2D eigenvalue weighted by atomic mass is 10.0. The van der Waals surface area contributed by atoms with Crippen LogP contribution in [0.15, 0.2) is 40.6 Å². The molecule has 0 unspecified atom stereocenters. The van der Waals surface area contributed by atoms with Gasteiger partial charge in [0.05, 0.1) is 6.42 Å². The molecule has 1 aromatic carbocycles. The first kappa shape index (κ1) is 16.8. The van der Waals surface area contributed by atoms with E-state index in [-0.39, 0.29) is 18.0 Å². The molecule has 0 fully saturated rings. The normalized spacial score (nSPS) is 14.1. The van der Waals surface area contributed by atoms with Crippen molar-refractivity contribution in [2.75, 3.05) is 6.54 Å². The smallest absolute Gasteiger partial charge is 0.227 e. The Bertz CT molecular complexity index is 812. The molecule has 1 aliphatic rings. The summed E-state index contributed by atoms with van der Waals surface area (Å²) in [5.74, 6) is 3.86. The summed E-state index contributed by atoms with van der Waals surface area (Å²) in [5, 5.41) is 19.3. The standard InChI is InChI=1S/C18H20N6O/c1-3-4-10-18(22-23-18)11-12-19-16(25)13-15-20-21-17(24(15)2)14-8-6-5-7-9-14/h1,5-9H,4,10-13H2,2H3,(H,19,25). The molecule has 1 amide bonds. The maximum Gasteiger partial charge on any atom is 0.227 e. The lowest BCUT2D eigenvalue weighted by molar-refractivity contribution is -0.120. The summed E-state index contributed by atoms with van der Waals surface area (Å²) >= 11 is 0. The van der Waals surface area contributed by atoms with Crippen molar-refractivity contribution in [3.8, 4) is 23.7 Å². The van der Waals surface area contributed by atoms with E-state index in [2.05, 4.69) is 31.7 Å². The minimum Gasteiger partial charge on any atom is -0.356 e. The van der Waals surface area contributed by atoms with Crippen LogP contribution in [0.1, 0.15) is 25.1 Å². The molecule has 2 aromatic rings. The van der Waals surface area contributed by atoms with Crippen LogP contribution in [-0.2, 0) is 18.3 Å². The van der Waals surface area contributed by atoms with Gasteiger partial charge in [0.2, 0.25) is 5.91 Å². The number of rotatable bonds is 8. The summed E-state index contributed by atoms with van der Waals surface area (Å²) in [6, 6.07) is 9.77. The largest absolute Gasteiger partial charge is 0.356 e. The molecule has 128 valence electrons. The Morgan fingerprint density at radius 2 is 2.00 bits per heavy atom. The van der Waals surface area contributed by atoms with Gasteiger partial charge < -0.3 is 9.88 Å². The maximum atomic E-state index is 12.1. The van der Waals surface area contributed by atoms with Gasteiger partial charge in [0, 0.05) is 38.4 Å². The summed E-state index contributed by atoms with van der Waals surface area (Å²) < 4.78 is 1.84. The molecule has 2 heterocycles. The highest BCUT2D eigenvalue weighted by Crippen LogP contribution is 2.35. The summed E-state index contributed by atoms with van der Waals surface area (Å²) in [4.78, 5) is 12.1. The van der Waals surface area contributed by atoms with E-state index in [0.717, 1.165) is 17.8 Å². The van der Waals surface area contributed by atoms with Crippen LogP contribution in [0.3, 0.4) is 0 Å². The summed E-state index contributed by atoms with van der Waals surface area (Å²) in [6.07, 6.45) is 7.50. The van der Waals surface area contributed by atoms with Gasteiger partial charge in [0.15, 0.2) is 11.5 Å². The molecule has 7 heteroatoms. The van der Waals surface area contributed by atoms with Crippen molar-refractivity contribution in [3.05, 3.63) is 36.2 Å². The van der Waals surface area contributed by atoms with Crippen molar-refractivity contribution in [3.63, 3.8) is 0 Å². The highest BCUT2D eigenvalue weighted by molar-refractivity contribution is 5.77. The Morgan fingerprint density at radius 3 is 2.68 bits per heavy atom. The Balaban J connectivity index is 1.51. The van der Waals surface area contributed by atoms with E-state index in [1.54, 1.807) is 0 Å². The highest BCUT2D eigenvalue weighted by Gasteiger charge is 2.38. The summed E-state index contributed by atoms with van der Waals surface area (Å²) in [7, 11) is 1.86. The van der Waals surface area contributed by atoms with Gasteiger partial charge in [-0.2, -0.15) is 10.2 Å². The minimum atomic E-state index is -0.370. The van der Waals surface area contributed by atoms with E-state index < -0.39 is 0 Å². The highest BCUT2D eigenvalue weighted by atomic mass is 16.1. The fraction of sp³-hybridized carbons (Fsp3) is 0.389. The molecule has 0 saturated carbocycles. The fourth-order valence-corrected chi connectivity index (χ4v) is 2.63. The molecule has 1 aromatic heterocycles. The first-order chi connectivity index (χ1) is 12.1. The number of hydrogen-bond donors (Lipinski definition) is 1. The van der Waals surface area contributed by atoms with E-state index >= 15 is 0 Å². The Kier molecular flexibility index (Phi) is 4.89. The average molecular weight is 336 g/mol. The lowest BCUT2D eigenvalue weighted by Crippen LogP contribution is -2.30. The second kappa shape index (κ2) is 7.26. The van der Waals surface area contributed by atoms with Gasteiger partial charge >= 0.3 is 0 Å². The van der Waals surface area contributed by atoms with Crippen molar-refractivity contribution < 1.29 is 4.79 Å². The fourth-order valence-electron chi connectivity index (χ4n) is 2.63. The SMILES string of the molecule is C#CCCC1(CCNC(=O)Cc2nnc(-c3ccccc3)n2C)N=N1. The van der Waals surface area contributed by atoms with Crippen LogP contribution < -0.4 is 5.32 Å². The van der Waals surface area contributed by atoms with Crippen molar-refractivity contribution in [2.24, 2.45) is 17.3 Å². The number of carbonyl (C=O) groups excluding carboxylic acids is 1. The molecule has 0 spiro atoms. The molecule has 1 aliphatic heterocycles. The second-order valence-corrected chi connectivity index (χ2v) is 6.03. The van der Waals surface area contributed by atoms with Gasteiger partial charge in [0.1, 0.15) is 5.82 Å². The molecule has 0 atom stereocenters. The van der Waals surface area contributed by atoms with Crippen LogP contribution in [0.2, 0.25) is 0 Å². The van der Waals surface area contributed by atoms with Crippen LogP contribution in [0.5, 0.6) is 0 Å². The third-order valence-corrected chi connectivity index (χ3v) is 4.22. The van der Waals surface area contributed by atoms with Gasteiger partial charge in [0.25, 0.3) is 0 Å². The van der Waals surface area contributed by atoms with E-state index in [9.17, 15) is 4.79 Å². The lowest BCUT2D eigenvalue weighted by Gasteiger charge is -2.10. The van der Waals surface area contributed by atoms with Gasteiger partial charge in [-0.1, -0.05) is 30.3 Å². The van der Waals surface area contributed by atoms with E-state index in [4.69, 9.17) is 6.42 Å². The third-order valence-electron chi connectivity index (χ3n) is 4.22. The zero-order valence-corrected chi connectivity index (χ0v) is 14.1. The molecule has 0 aliphatic carbocycles. The van der Waals surface area contributed by atoms with Crippen LogP contribution in [0.4, 0.5) is 0 Å². The van der Waals surface area contributed by atoms with Crippen molar-refractivity contribution in [1.82, 2.24) is 20.1 Å². The predicted molar refractivity (Wildman–Crippen MR) is 93.4 cm³/mol. The zero-order valence-electron chi connectivity index (χ0n) is 14.1. The molecule has 3 rings (SSSR count). The Labute approximate surface area is 146 Å². The van der Waals surface area contributed by atoms with E-state index in [1.165, 1.54) is 0 Å². The monoisotopic (exact) mass is 336 g/mol. The maximum absolute atomic E-state index is 12.1. The molecule has 0 saturated heterocycles. The number of terminal acetylenes is 1. The average Bonchev–Trinajstić information content (AvgIpc) is 3.31. The van der Waals surface area contributed by atoms with Crippen LogP contribution in [-0.4, -0.2) is 32.9 Å². The van der Waals surface area contributed by atoms with Gasteiger partial charge in [-0.05, 0) is 0 Å². The molecule has 0 bridgehead atoms. The number of aromatic nitrogens is 3. The first-order valence-electron chi connectivity index (χ1n) is 8.21. The van der Waals surface area contributed by atoms with Gasteiger partial charge in [-0.15, -0.1) is 22.5 Å². The first-order valence-corrected chi connectivity index (χ1v) is 8.21. The van der Waals surface area contributed by atoms with Gasteiger partial charge in [-0.3, -0.25) is 4.79 Å². The predicted octanol–water partition coefficient (Wildman–Crippen LogP) is 2.11. The van der Waals surface area contributed by atoms with E-state index in [1.807, 2.05) is 41.9 Å². The number of nitrogens with one attached hydrogen (secondary N) is 1. The van der Waals surface area contributed by atoms with Crippen LogP contribution in [0.25, 0.3) is 11.4 Å². The van der Waals surface area contributed by atoms with Crippen LogP contribution >= 0.6 is 0 Å². The van der Waals surface area contributed by atoms with Gasteiger partial charge in [-0.25, -0.2) is 0 Å². The topological polar surface area (TPSA) is 84.5 Å². The molecule has 1 N–H and O–H groups in total. The number of hydrogen-bond acceptors (Lipinski definition) is 5. The second-order valence-electron chi connectivity index (χ2n) is 6.03. The third kappa shape index (κ3) is 4.10. The molecular weight excluding hydrogens is 316 g/mol. The zero-order chi connectivity index (χ0) is 17.7. The van der Waals surface area contributed by atoms with E-state index in [0.29, 0.717) is 25.2 Å². The number of benzene rings is 1.